The summed E-state index contributed by atoms with van der Waals surface area (Å²) < 4.78 is 1.80. The molecule has 106 valence electrons. The van der Waals surface area contributed by atoms with Gasteiger partial charge in [0.05, 0.1) is 24.3 Å². The average molecular weight is 265 g/mol. The van der Waals surface area contributed by atoms with Crippen molar-refractivity contribution in [3.05, 3.63) is 17.0 Å². The predicted molar refractivity (Wildman–Crippen MR) is 72.8 cm³/mol. The molecule has 5 nitrogen and oxygen atoms in total. The van der Waals surface area contributed by atoms with Gasteiger partial charge in [0.25, 0.3) is 0 Å². The predicted octanol–water partition coefficient (Wildman–Crippen LogP) is 1.00. The Labute approximate surface area is 114 Å². The van der Waals surface area contributed by atoms with E-state index in [0.717, 1.165) is 42.6 Å². The van der Waals surface area contributed by atoms with E-state index in [9.17, 15) is 9.90 Å². The Bertz CT molecular complexity index is 473. The number of nitrogens with zero attached hydrogens (tertiary/aromatic N) is 2. The van der Waals surface area contributed by atoms with Gasteiger partial charge in [0.2, 0.25) is 5.91 Å². The third-order valence-corrected chi connectivity index (χ3v) is 4.26. The number of aryl methyl sites for hydroxylation is 2. The van der Waals surface area contributed by atoms with E-state index in [2.05, 4.69) is 10.4 Å². The van der Waals surface area contributed by atoms with Crippen molar-refractivity contribution in [1.29, 1.82) is 0 Å². The van der Waals surface area contributed by atoms with Crippen LogP contribution in [-0.4, -0.2) is 32.9 Å². The van der Waals surface area contributed by atoms with Gasteiger partial charge in [-0.05, 0) is 26.7 Å². The van der Waals surface area contributed by atoms with Crippen molar-refractivity contribution < 1.29 is 9.90 Å². The minimum absolute atomic E-state index is 0.0184. The zero-order chi connectivity index (χ0) is 14.0. The summed E-state index contributed by atoms with van der Waals surface area (Å²) >= 11 is 0. The lowest BCUT2D eigenvalue weighted by Gasteiger charge is -2.28. The van der Waals surface area contributed by atoms with E-state index in [4.69, 9.17) is 0 Å². The van der Waals surface area contributed by atoms with Crippen LogP contribution in [-0.2, 0) is 18.3 Å². The number of aliphatic hydroxyl groups excluding tert-OH is 1. The molecule has 2 rings (SSSR count). The molecule has 2 N–H and O–H groups in total. The molecule has 0 bridgehead atoms. The molecule has 5 heteroatoms. The number of amides is 1. The van der Waals surface area contributed by atoms with Crippen molar-refractivity contribution in [2.45, 2.75) is 51.5 Å². The number of carbonyl (C=O) groups excluding carboxylic acids is 1. The fourth-order valence-corrected chi connectivity index (χ4v) is 2.95. The Hall–Kier alpha value is -1.36. The van der Waals surface area contributed by atoms with Crippen LogP contribution in [0.3, 0.4) is 0 Å². The number of rotatable bonds is 4. The van der Waals surface area contributed by atoms with Gasteiger partial charge >= 0.3 is 0 Å². The highest BCUT2D eigenvalue weighted by atomic mass is 16.3. The number of aromatic nitrogens is 2. The van der Waals surface area contributed by atoms with Crippen molar-refractivity contribution in [3.8, 4) is 0 Å². The first-order valence-corrected chi connectivity index (χ1v) is 6.88. The van der Waals surface area contributed by atoms with E-state index >= 15 is 0 Å². The maximum absolute atomic E-state index is 12.2. The topological polar surface area (TPSA) is 67.2 Å². The second kappa shape index (κ2) is 5.33. The summed E-state index contributed by atoms with van der Waals surface area (Å²) in [6.45, 7) is 3.93. The van der Waals surface area contributed by atoms with Gasteiger partial charge in [-0.2, -0.15) is 5.10 Å². The molecular formula is C14H23N3O2. The number of hydrogen-bond acceptors (Lipinski definition) is 3. The number of aliphatic hydroxyl groups is 1. The Kier molecular flexibility index (Phi) is 3.94. The molecule has 1 aromatic rings. The van der Waals surface area contributed by atoms with E-state index in [0.29, 0.717) is 6.42 Å². The summed E-state index contributed by atoms with van der Waals surface area (Å²) in [6, 6.07) is 0. The highest BCUT2D eigenvalue weighted by Crippen LogP contribution is 2.29. The SMILES string of the molecule is Cc1nn(C)c(C)c1CC(=O)NC1(CO)CCCC1. The molecule has 0 unspecified atom stereocenters. The molecule has 0 saturated heterocycles. The van der Waals surface area contributed by atoms with Crippen LogP contribution in [0.15, 0.2) is 0 Å². The lowest BCUT2D eigenvalue weighted by Crippen LogP contribution is -2.49. The molecule has 1 saturated carbocycles. The van der Waals surface area contributed by atoms with E-state index in [1.165, 1.54) is 0 Å². The summed E-state index contributed by atoms with van der Waals surface area (Å²) in [5.74, 6) is -0.0184. The molecule has 1 heterocycles. The van der Waals surface area contributed by atoms with Gasteiger partial charge in [-0.25, -0.2) is 0 Å². The molecule has 1 aromatic heterocycles. The smallest absolute Gasteiger partial charge is 0.225 e. The zero-order valence-corrected chi connectivity index (χ0v) is 12.0. The number of carbonyl (C=O) groups is 1. The molecule has 1 aliphatic carbocycles. The second-order valence-corrected chi connectivity index (χ2v) is 5.64. The lowest BCUT2D eigenvalue weighted by atomic mass is 9.98. The molecule has 0 radical (unpaired) electrons. The second-order valence-electron chi connectivity index (χ2n) is 5.64. The molecule has 1 aliphatic rings. The van der Waals surface area contributed by atoms with E-state index in [1.807, 2.05) is 20.9 Å². The van der Waals surface area contributed by atoms with E-state index in [-0.39, 0.29) is 18.1 Å². The van der Waals surface area contributed by atoms with Crippen LogP contribution in [0.2, 0.25) is 0 Å². The van der Waals surface area contributed by atoms with Gasteiger partial charge in [0.15, 0.2) is 0 Å². The molecule has 0 spiro atoms. The van der Waals surface area contributed by atoms with Crippen LogP contribution in [0.5, 0.6) is 0 Å². The van der Waals surface area contributed by atoms with Crippen molar-refractivity contribution in [2.24, 2.45) is 7.05 Å². The van der Waals surface area contributed by atoms with Gasteiger partial charge in [0, 0.05) is 18.3 Å². The fraction of sp³-hybridized carbons (Fsp3) is 0.714. The maximum Gasteiger partial charge on any atom is 0.225 e. The average Bonchev–Trinajstić information content (AvgIpc) is 2.91. The number of nitrogens with one attached hydrogen (secondary N) is 1. The van der Waals surface area contributed by atoms with Crippen molar-refractivity contribution in [1.82, 2.24) is 15.1 Å². The van der Waals surface area contributed by atoms with Gasteiger partial charge in [-0.3, -0.25) is 9.48 Å². The minimum atomic E-state index is -0.388. The third-order valence-electron chi connectivity index (χ3n) is 4.26. The van der Waals surface area contributed by atoms with Crippen LogP contribution < -0.4 is 5.32 Å². The van der Waals surface area contributed by atoms with E-state index in [1.54, 1.807) is 4.68 Å². The Balaban J connectivity index is 2.05. The summed E-state index contributed by atoms with van der Waals surface area (Å²) in [6.07, 6.45) is 4.24. The molecule has 1 fully saturated rings. The first-order chi connectivity index (χ1) is 8.97. The van der Waals surface area contributed by atoms with Crippen LogP contribution in [0, 0.1) is 13.8 Å². The number of hydrogen-bond donors (Lipinski definition) is 2. The molecular weight excluding hydrogens is 242 g/mol. The summed E-state index contributed by atoms with van der Waals surface area (Å²) in [5, 5.41) is 16.9. The molecule has 0 atom stereocenters. The van der Waals surface area contributed by atoms with Gasteiger partial charge < -0.3 is 10.4 Å². The Morgan fingerprint density at radius 1 is 1.42 bits per heavy atom. The van der Waals surface area contributed by atoms with Gasteiger partial charge in [0.1, 0.15) is 0 Å². The monoisotopic (exact) mass is 265 g/mol. The quantitative estimate of drug-likeness (QED) is 0.853. The van der Waals surface area contributed by atoms with Crippen molar-refractivity contribution in [2.75, 3.05) is 6.61 Å². The normalized spacial score (nSPS) is 17.7. The van der Waals surface area contributed by atoms with Crippen LogP contribution in [0.1, 0.15) is 42.6 Å². The zero-order valence-electron chi connectivity index (χ0n) is 12.0. The fourth-order valence-electron chi connectivity index (χ4n) is 2.95. The largest absolute Gasteiger partial charge is 0.394 e. The van der Waals surface area contributed by atoms with Crippen LogP contribution >= 0.6 is 0 Å². The Morgan fingerprint density at radius 2 is 2.05 bits per heavy atom. The lowest BCUT2D eigenvalue weighted by molar-refractivity contribution is -0.122. The van der Waals surface area contributed by atoms with Gasteiger partial charge in [-0.1, -0.05) is 12.8 Å². The minimum Gasteiger partial charge on any atom is -0.394 e. The molecule has 1 amide bonds. The third kappa shape index (κ3) is 2.81. The summed E-state index contributed by atoms with van der Waals surface area (Å²) in [7, 11) is 1.88. The highest BCUT2D eigenvalue weighted by Gasteiger charge is 2.34. The molecule has 19 heavy (non-hydrogen) atoms. The molecule has 0 aliphatic heterocycles. The summed E-state index contributed by atoms with van der Waals surface area (Å²) in [4.78, 5) is 12.2. The maximum atomic E-state index is 12.2. The van der Waals surface area contributed by atoms with Crippen LogP contribution in [0.25, 0.3) is 0 Å². The standard InChI is InChI=1S/C14H23N3O2/c1-10-12(11(2)17(3)16-10)8-13(19)15-14(9-18)6-4-5-7-14/h18H,4-9H2,1-3H3,(H,15,19). The van der Waals surface area contributed by atoms with E-state index < -0.39 is 0 Å². The first kappa shape index (κ1) is 14.1. The first-order valence-electron chi connectivity index (χ1n) is 6.88. The summed E-state index contributed by atoms with van der Waals surface area (Å²) in [5.41, 5.74) is 2.53. The Morgan fingerprint density at radius 3 is 2.53 bits per heavy atom. The highest BCUT2D eigenvalue weighted by molar-refractivity contribution is 5.80. The van der Waals surface area contributed by atoms with Crippen molar-refractivity contribution >= 4 is 5.91 Å². The van der Waals surface area contributed by atoms with Crippen molar-refractivity contribution in [3.63, 3.8) is 0 Å². The van der Waals surface area contributed by atoms with Crippen LogP contribution in [0.4, 0.5) is 0 Å². The molecule has 0 aromatic carbocycles. The van der Waals surface area contributed by atoms with Gasteiger partial charge in [-0.15, -0.1) is 0 Å².